The van der Waals surface area contributed by atoms with E-state index in [2.05, 4.69) is 4.98 Å². The lowest BCUT2D eigenvalue weighted by molar-refractivity contribution is -0.0932. The molecule has 18 heavy (non-hydrogen) atoms. The standard InChI is InChI=1S/C10H13FN2O4S/c1-10(16)7(11)5(4-14)17-8(10)13-3-2-6(18)12-9(13)15/h2-3,5,7-8,14,16H,4H2,1H3,(H,12,15,18). The van der Waals surface area contributed by atoms with E-state index in [1.807, 2.05) is 0 Å². The summed E-state index contributed by atoms with van der Waals surface area (Å²) in [4.78, 5) is 14.0. The Balaban J connectivity index is 2.45. The highest BCUT2D eigenvalue weighted by Crippen LogP contribution is 2.39. The summed E-state index contributed by atoms with van der Waals surface area (Å²) in [5.74, 6) is 0. The maximum absolute atomic E-state index is 13.8. The van der Waals surface area contributed by atoms with Gasteiger partial charge in [-0.15, -0.1) is 0 Å². The quantitative estimate of drug-likeness (QED) is 0.656. The zero-order chi connectivity index (χ0) is 13.5. The molecule has 4 unspecified atom stereocenters. The van der Waals surface area contributed by atoms with Gasteiger partial charge in [-0.3, -0.25) is 9.55 Å². The Labute approximate surface area is 107 Å². The molecule has 0 bridgehead atoms. The maximum atomic E-state index is 13.8. The van der Waals surface area contributed by atoms with Crippen LogP contribution in [-0.2, 0) is 4.74 Å². The molecule has 3 N–H and O–H groups in total. The molecule has 1 fully saturated rings. The predicted molar refractivity (Wildman–Crippen MR) is 62.4 cm³/mol. The zero-order valence-corrected chi connectivity index (χ0v) is 10.4. The van der Waals surface area contributed by atoms with E-state index in [1.165, 1.54) is 19.2 Å². The third-order valence-corrected chi connectivity index (χ3v) is 3.21. The van der Waals surface area contributed by atoms with E-state index in [0.29, 0.717) is 0 Å². The topological polar surface area (TPSA) is 87.5 Å². The molecule has 0 spiro atoms. The molecule has 0 aliphatic carbocycles. The first-order valence-corrected chi connectivity index (χ1v) is 5.73. The molecule has 0 aromatic carbocycles. The summed E-state index contributed by atoms with van der Waals surface area (Å²) in [6, 6.07) is 1.43. The Hall–Kier alpha value is -1.09. The summed E-state index contributed by atoms with van der Waals surface area (Å²) >= 11 is 4.77. The van der Waals surface area contributed by atoms with Gasteiger partial charge in [-0.1, -0.05) is 12.2 Å². The fraction of sp³-hybridized carbons (Fsp3) is 0.600. The normalized spacial score (nSPS) is 35.9. The van der Waals surface area contributed by atoms with Gasteiger partial charge in [-0.2, -0.15) is 0 Å². The number of aliphatic hydroxyl groups is 2. The summed E-state index contributed by atoms with van der Waals surface area (Å²) in [6.45, 7) is 0.636. The minimum Gasteiger partial charge on any atom is -0.394 e. The third-order valence-electron chi connectivity index (χ3n) is 2.97. The molecule has 6 nitrogen and oxygen atoms in total. The van der Waals surface area contributed by atoms with Crippen molar-refractivity contribution in [1.29, 1.82) is 0 Å². The number of nitrogens with one attached hydrogen (secondary N) is 1. The molecule has 4 atom stereocenters. The van der Waals surface area contributed by atoms with Gasteiger partial charge in [-0.05, 0) is 13.0 Å². The summed E-state index contributed by atoms with van der Waals surface area (Å²) in [7, 11) is 0. The van der Waals surface area contributed by atoms with Crippen LogP contribution in [0.1, 0.15) is 13.2 Å². The summed E-state index contributed by atoms with van der Waals surface area (Å²) < 4.78 is 20.2. The van der Waals surface area contributed by atoms with Crippen LogP contribution in [0.15, 0.2) is 17.1 Å². The first kappa shape index (κ1) is 13.3. The van der Waals surface area contributed by atoms with Crippen molar-refractivity contribution < 1.29 is 19.3 Å². The Morgan fingerprint density at radius 3 is 2.89 bits per heavy atom. The van der Waals surface area contributed by atoms with Crippen molar-refractivity contribution >= 4 is 12.2 Å². The van der Waals surface area contributed by atoms with Crippen LogP contribution in [0.4, 0.5) is 4.39 Å². The van der Waals surface area contributed by atoms with E-state index in [4.69, 9.17) is 22.1 Å². The van der Waals surface area contributed by atoms with Crippen molar-refractivity contribution in [2.45, 2.75) is 31.0 Å². The van der Waals surface area contributed by atoms with Crippen LogP contribution >= 0.6 is 12.2 Å². The number of nitrogens with zero attached hydrogens (tertiary/aromatic N) is 1. The minimum absolute atomic E-state index is 0.226. The van der Waals surface area contributed by atoms with Crippen LogP contribution in [-0.4, -0.2) is 44.2 Å². The number of halogens is 1. The smallest absolute Gasteiger partial charge is 0.328 e. The molecule has 1 saturated heterocycles. The second kappa shape index (κ2) is 4.54. The number of aromatic nitrogens is 2. The van der Waals surface area contributed by atoms with E-state index in [1.54, 1.807) is 0 Å². The first-order chi connectivity index (χ1) is 8.37. The van der Waals surface area contributed by atoms with Crippen LogP contribution in [0.5, 0.6) is 0 Å². The summed E-state index contributed by atoms with van der Waals surface area (Å²) in [5, 5.41) is 19.0. The van der Waals surface area contributed by atoms with Gasteiger partial charge in [0.25, 0.3) is 0 Å². The van der Waals surface area contributed by atoms with Crippen LogP contribution < -0.4 is 5.69 Å². The monoisotopic (exact) mass is 276 g/mol. The van der Waals surface area contributed by atoms with E-state index in [-0.39, 0.29) is 4.64 Å². The van der Waals surface area contributed by atoms with Gasteiger partial charge in [0.15, 0.2) is 12.4 Å². The van der Waals surface area contributed by atoms with E-state index >= 15 is 0 Å². The second-order valence-electron chi connectivity index (χ2n) is 4.35. The highest BCUT2D eigenvalue weighted by atomic mass is 32.1. The van der Waals surface area contributed by atoms with Crippen molar-refractivity contribution in [2.24, 2.45) is 0 Å². The van der Waals surface area contributed by atoms with Crippen molar-refractivity contribution in [3.63, 3.8) is 0 Å². The molecule has 1 aromatic rings. The molecule has 2 rings (SSSR count). The van der Waals surface area contributed by atoms with Crippen molar-refractivity contribution in [2.75, 3.05) is 6.61 Å². The number of H-pyrrole nitrogens is 1. The van der Waals surface area contributed by atoms with Gasteiger partial charge < -0.3 is 14.9 Å². The SMILES string of the molecule is CC1(O)C(F)C(CO)OC1n1ccc(=S)[nH]c1=O. The predicted octanol–water partition coefficient (Wildman–Crippen LogP) is -0.115. The lowest BCUT2D eigenvalue weighted by atomic mass is 9.98. The molecule has 2 heterocycles. The molecule has 1 aromatic heterocycles. The van der Waals surface area contributed by atoms with E-state index < -0.39 is 36.4 Å². The Morgan fingerprint density at radius 2 is 2.39 bits per heavy atom. The largest absolute Gasteiger partial charge is 0.394 e. The van der Waals surface area contributed by atoms with Crippen molar-refractivity contribution in [3.05, 3.63) is 27.4 Å². The lowest BCUT2D eigenvalue weighted by Gasteiger charge is -2.26. The highest BCUT2D eigenvalue weighted by Gasteiger charge is 2.54. The Bertz CT molecular complexity index is 555. The summed E-state index contributed by atoms with van der Waals surface area (Å²) in [5.41, 5.74) is -2.52. The van der Waals surface area contributed by atoms with Crippen molar-refractivity contribution in [1.82, 2.24) is 9.55 Å². The molecular formula is C10H13FN2O4S. The minimum atomic E-state index is -1.91. The Kier molecular flexibility index (Phi) is 3.37. The number of alkyl halides is 1. The molecule has 0 saturated carbocycles. The average molecular weight is 276 g/mol. The molecular weight excluding hydrogens is 263 g/mol. The van der Waals surface area contributed by atoms with E-state index in [0.717, 1.165) is 4.57 Å². The Morgan fingerprint density at radius 1 is 1.72 bits per heavy atom. The van der Waals surface area contributed by atoms with Gasteiger partial charge in [0.1, 0.15) is 16.3 Å². The number of aliphatic hydroxyl groups excluding tert-OH is 1. The van der Waals surface area contributed by atoms with Crippen LogP contribution in [0.2, 0.25) is 0 Å². The first-order valence-electron chi connectivity index (χ1n) is 5.32. The second-order valence-corrected chi connectivity index (χ2v) is 4.79. The zero-order valence-electron chi connectivity index (χ0n) is 9.54. The summed E-state index contributed by atoms with van der Waals surface area (Å²) in [6.07, 6.45) is -2.86. The maximum Gasteiger partial charge on any atom is 0.328 e. The number of hydrogen-bond acceptors (Lipinski definition) is 5. The number of hydrogen-bond donors (Lipinski definition) is 3. The highest BCUT2D eigenvalue weighted by molar-refractivity contribution is 7.71. The molecule has 100 valence electrons. The van der Waals surface area contributed by atoms with E-state index in [9.17, 15) is 14.3 Å². The number of ether oxygens (including phenoxy) is 1. The number of rotatable bonds is 2. The molecule has 0 amide bonds. The molecule has 8 heteroatoms. The molecule has 0 radical (unpaired) electrons. The van der Waals surface area contributed by atoms with Crippen LogP contribution in [0.25, 0.3) is 0 Å². The fourth-order valence-electron chi connectivity index (χ4n) is 1.98. The molecule has 1 aliphatic rings. The van der Waals surface area contributed by atoms with Gasteiger partial charge in [0.2, 0.25) is 0 Å². The van der Waals surface area contributed by atoms with Gasteiger partial charge in [0, 0.05) is 6.20 Å². The van der Waals surface area contributed by atoms with Crippen molar-refractivity contribution in [3.8, 4) is 0 Å². The van der Waals surface area contributed by atoms with Gasteiger partial charge >= 0.3 is 5.69 Å². The average Bonchev–Trinajstić information content (AvgIpc) is 2.52. The van der Waals surface area contributed by atoms with Gasteiger partial charge in [-0.25, -0.2) is 9.18 Å². The van der Waals surface area contributed by atoms with Crippen LogP contribution in [0.3, 0.4) is 0 Å². The fourth-order valence-corrected chi connectivity index (χ4v) is 2.13. The molecule has 1 aliphatic heterocycles. The van der Waals surface area contributed by atoms with Gasteiger partial charge in [0.05, 0.1) is 6.61 Å². The van der Waals surface area contributed by atoms with Crippen LogP contribution in [0, 0.1) is 4.64 Å². The third kappa shape index (κ3) is 2.01. The lowest BCUT2D eigenvalue weighted by Crippen LogP contribution is -2.44. The number of aromatic amines is 1.